The average molecular weight is 222 g/mol. The Hall–Kier alpha value is -0.860. The van der Waals surface area contributed by atoms with Crippen molar-refractivity contribution in [2.75, 3.05) is 26.3 Å². The fraction of sp³-hybridized carbons (Fsp3) is 0.833. The molecule has 0 radical (unpaired) electrons. The molecule has 0 saturated carbocycles. The van der Waals surface area contributed by atoms with Crippen molar-refractivity contribution in [1.82, 2.24) is 14.5 Å². The molecule has 82 valence electrons. The summed E-state index contributed by atoms with van der Waals surface area (Å²) in [6.07, 6.45) is 0. The fourth-order valence-corrected chi connectivity index (χ4v) is 1.84. The Labute approximate surface area is 83.0 Å². The van der Waals surface area contributed by atoms with Crippen molar-refractivity contribution in [3.8, 4) is 0 Å². The molecule has 0 aromatic rings. The molecule has 8 heteroatoms. The molecule has 0 atom stereocenters. The molecule has 0 bridgehead atoms. The van der Waals surface area contributed by atoms with Gasteiger partial charge in [0.15, 0.2) is 0 Å². The van der Waals surface area contributed by atoms with Gasteiger partial charge < -0.3 is 10.2 Å². The van der Waals surface area contributed by atoms with Gasteiger partial charge in [-0.25, -0.2) is 9.93 Å². The summed E-state index contributed by atoms with van der Waals surface area (Å²) >= 11 is 0. The van der Waals surface area contributed by atoms with Crippen LogP contribution in [0.25, 0.3) is 0 Å². The summed E-state index contributed by atoms with van der Waals surface area (Å²) in [5, 5.41) is 7.50. The normalized spacial score (nSPS) is 18.6. The van der Waals surface area contributed by atoms with Crippen LogP contribution in [0.5, 0.6) is 0 Å². The SMILES string of the molecule is CCNC(=O)N1CCN(S(N)(=O)=O)C1. The van der Waals surface area contributed by atoms with Gasteiger partial charge in [0.2, 0.25) is 0 Å². The number of hydrogen-bond acceptors (Lipinski definition) is 3. The molecule has 1 fully saturated rings. The third kappa shape index (κ3) is 2.56. The first-order chi connectivity index (χ1) is 6.45. The van der Waals surface area contributed by atoms with Crippen LogP contribution in [0.2, 0.25) is 0 Å². The maximum atomic E-state index is 11.3. The van der Waals surface area contributed by atoms with E-state index >= 15 is 0 Å². The number of amides is 2. The van der Waals surface area contributed by atoms with E-state index in [9.17, 15) is 13.2 Å². The zero-order chi connectivity index (χ0) is 10.8. The van der Waals surface area contributed by atoms with Crippen LogP contribution in [0.4, 0.5) is 4.79 Å². The first-order valence-corrected chi connectivity index (χ1v) is 5.76. The van der Waals surface area contributed by atoms with Crippen LogP contribution in [0.15, 0.2) is 0 Å². The predicted octanol–water partition coefficient (Wildman–Crippen LogP) is -1.51. The van der Waals surface area contributed by atoms with Crippen molar-refractivity contribution in [3.05, 3.63) is 0 Å². The molecule has 7 nitrogen and oxygen atoms in total. The quantitative estimate of drug-likeness (QED) is 0.595. The van der Waals surface area contributed by atoms with Gasteiger partial charge in [-0.2, -0.15) is 12.7 Å². The van der Waals surface area contributed by atoms with E-state index in [1.807, 2.05) is 0 Å². The number of hydrogen-bond donors (Lipinski definition) is 2. The van der Waals surface area contributed by atoms with E-state index in [1.54, 1.807) is 6.92 Å². The topological polar surface area (TPSA) is 95.7 Å². The minimum absolute atomic E-state index is 0.0324. The highest BCUT2D eigenvalue weighted by Crippen LogP contribution is 2.07. The number of carbonyl (C=O) groups is 1. The Morgan fingerprint density at radius 1 is 1.50 bits per heavy atom. The van der Waals surface area contributed by atoms with Crippen molar-refractivity contribution < 1.29 is 13.2 Å². The highest BCUT2D eigenvalue weighted by Gasteiger charge is 2.29. The largest absolute Gasteiger partial charge is 0.338 e. The molecular weight excluding hydrogens is 208 g/mol. The lowest BCUT2D eigenvalue weighted by atomic mass is 10.6. The Bertz CT molecular complexity index is 315. The number of urea groups is 1. The van der Waals surface area contributed by atoms with Crippen molar-refractivity contribution in [2.45, 2.75) is 6.92 Å². The molecule has 0 spiro atoms. The maximum absolute atomic E-state index is 11.3. The summed E-state index contributed by atoms with van der Waals surface area (Å²) in [6, 6.07) is -0.265. The first-order valence-electron chi connectivity index (χ1n) is 4.25. The molecule has 0 aromatic heterocycles. The first kappa shape index (κ1) is 11.2. The minimum atomic E-state index is -3.67. The van der Waals surface area contributed by atoms with Crippen LogP contribution in [-0.2, 0) is 10.2 Å². The summed E-state index contributed by atoms with van der Waals surface area (Å²) in [6.45, 7) is 2.99. The lowest BCUT2D eigenvalue weighted by molar-refractivity contribution is 0.205. The molecule has 1 heterocycles. The van der Waals surface area contributed by atoms with Gasteiger partial charge in [-0.05, 0) is 6.92 Å². The van der Waals surface area contributed by atoms with Gasteiger partial charge in [0, 0.05) is 19.6 Å². The van der Waals surface area contributed by atoms with E-state index in [0.717, 1.165) is 4.31 Å². The zero-order valence-corrected chi connectivity index (χ0v) is 8.75. The standard InChI is InChI=1S/C6H14N4O3S/c1-2-8-6(11)9-3-4-10(5-9)14(7,12)13/h2-5H2,1H3,(H,8,11)(H2,7,12,13). The second kappa shape index (κ2) is 4.11. The van der Waals surface area contributed by atoms with Crippen molar-refractivity contribution in [2.24, 2.45) is 5.14 Å². The summed E-state index contributed by atoms with van der Waals surface area (Å²) in [4.78, 5) is 12.7. The lowest BCUT2D eigenvalue weighted by Gasteiger charge is -2.16. The third-order valence-corrected chi connectivity index (χ3v) is 2.94. The molecule has 0 unspecified atom stereocenters. The fourth-order valence-electron chi connectivity index (χ4n) is 1.20. The van der Waals surface area contributed by atoms with Gasteiger partial charge in [0.05, 0.1) is 6.67 Å². The van der Waals surface area contributed by atoms with E-state index in [0.29, 0.717) is 13.1 Å². The molecule has 1 aliphatic heterocycles. The molecule has 1 aliphatic rings. The van der Waals surface area contributed by atoms with Crippen LogP contribution >= 0.6 is 0 Å². The summed E-state index contributed by atoms with van der Waals surface area (Å²) in [5.74, 6) is 0. The number of carbonyl (C=O) groups excluding carboxylic acids is 1. The van der Waals surface area contributed by atoms with Crippen LogP contribution in [-0.4, -0.2) is 50.0 Å². The van der Waals surface area contributed by atoms with Crippen molar-refractivity contribution in [1.29, 1.82) is 0 Å². The van der Waals surface area contributed by atoms with Gasteiger partial charge in [-0.3, -0.25) is 0 Å². The monoisotopic (exact) mass is 222 g/mol. The van der Waals surface area contributed by atoms with Crippen LogP contribution in [0.1, 0.15) is 6.92 Å². The minimum Gasteiger partial charge on any atom is -0.338 e. The van der Waals surface area contributed by atoms with Gasteiger partial charge in [-0.1, -0.05) is 0 Å². The predicted molar refractivity (Wildman–Crippen MR) is 50.5 cm³/mol. The van der Waals surface area contributed by atoms with Crippen LogP contribution < -0.4 is 10.5 Å². The smallest absolute Gasteiger partial charge is 0.318 e. The van der Waals surface area contributed by atoms with Gasteiger partial charge in [0.25, 0.3) is 10.2 Å². The summed E-state index contributed by atoms with van der Waals surface area (Å²) in [7, 11) is -3.67. The lowest BCUT2D eigenvalue weighted by Crippen LogP contribution is -2.41. The number of rotatable bonds is 2. The van der Waals surface area contributed by atoms with E-state index in [1.165, 1.54) is 4.90 Å². The Morgan fingerprint density at radius 2 is 2.14 bits per heavy atom. The molecular formula is C6H14N4O3S. The Kier molecular flexibility index (Phi) is 3.29. The van der Waals surface area contributed by atoms with E-state index in [-0.39, 0.29) is 19.2 Å². The zero-order valence-electron chi connectivity index (χ0n) is 7.93. The maximum Gasteiger partial charge on any atom is 0.318 e. The van der Waals surface area contributed by atoms with E-state index in [4.69, 9.17) is 5.14 Å². The molecule has 2 amide bonds. The van der Waals surface area contributed by atoms with Crippen LogP contribution in [0.3, 0.4) is 0 Å². The van der Waals surface area contributed by atoms with Gasteiger partial charge in [-0.15, -0.1) is 0 Å². The molecule has 1 saturated heterocycles. The molecule has 0 aliphatic carbocycles. The molecule has 0 aromatic carbocycles. The Balaban J connectivity index is 2.54. The van der Waals surface area contributed by atoms with Crippen molar-refractivity contribution >= 4 is 16.2 Å². The average Bonchev–Trinajstić information content (AvgIpc) is 2.51. The molecule has 3 N–H and O–H groups in total. The van der Waals surface area contributed by atoms with Crippen molar-refractivity contribution in [3.63, 3.8) is 0 Å². The second-order valence-corrected chi connectivity index (χ2v) is 4.51. The number of nitrogens with one attached hydrogen (secondary N) is 1. The summed E-state index contributed by atoms with van der Waals surface area (Å²) in [5.41, 5.74) is 0. The number of nitrogens with two attached hydrogens (primary N) is 1. The van der Waals surface area contributed by atoms with E-state index < -0.39 is 10.2 Å². The van der Waals surface area contributed by atoms with Gasteiger partial charge in [0.1, 0.15) is 0 Å². The highest BCUT2D eigenvalue weighted by atomic mass is 32.2. The highest BCUT2D eigenvalue weighted by molar-refractivity contribution is 7.86. The summed E-state index contributed by atoms with van der Waals surface area (Å²) < 4.78 is 22.9. The van der Waals surface area contributed by atoms with E-state index in [2.05, 4.69) is 5.32 Å². The second-order valence-electron chi connectivity index (χ2n) is 2.96. The third-order valence-electron chi connectivity index (χ3n) is 1.92. The van der Waals surface area contributed by atoms with Crippen LogP contribution in [0, 0.1) is 0 Å². The molecule has 1 rings (SSSR count). The molecule has 14 heavy (non-hydrogen) atoms. The Morgan fingerprint density at radius 3 is 2.57 bits per heavy atom. The number of nitrogens with zero attached hydrogens (tertiary/aromatic N) is 2. The van der Waals surface area contributed by atoms with Gasteiger partial charge >= 0.3 is 6.03 Å².